The first-order valence-corrected chi connectivity index (χ1v) is 7.13. The highest BCUT2D eigenvalue weighted by Crippen LogP contribution is 2.13. The third kappa shape index (κ3) is 3.36. The summed E-state index contributed by atoms with van der Waals surface area (Å²) in [6.45, 7) is 1.90. The van der Waals surface area contributed by atoms with Crippen LogP contribution in [0.15, 0.2) is 18.2 Å². The first-order chi connectivity index (χ1) is 8.54. The Morgan fingerprint density at radius 2 is 2.00 bits per heavy atom. The number of hydrogen-bond acceptors (Lipinski definition) is 3. The molecule has 2 rings (SSSR count). The van der Waals surface area contributed by atoms with Crippen molar-refractivity contribution in [2.45, 2.75) is 6.54 Å². The third-order valence-electron chi connectivity index (χ3n) is 2.88. The Kier molecular flexibility index (Phi) is 4.08. The average molecular weight is 271 g/mol. The molecule has 0 saturated carbocycles. The number of halogens is 1. The van der Waals surface area contributed by atoms with E-state index in [0.29, 0.717) is 36.7 Å². The number of nitrogens with zero attached hydrogens (tertiary/aromatic N) is 1. The first-order valence-electron chi connectivity index (χ1n) is 5.65. The maximum absolute atomic E-state index is 13.3. The van der Waals surface area contributed by atoms with Crippen molar-refractivity contribution >= 4 is 16.8 Å². The van der Waals surface area contributed by atoms with Gasteiger partial charge in [-0.1, -0.05) is 0 Å². The van der Waals surface area contributed by atoms with Gasteiger partial charge in [0.2, 0.25) is 0 Å². The van der Waals surface area contributed by atoms with Gasteiger partial charge in [0.05, 0.1) is 5.56 Å². The monoisotopic (exact) mass is 271 g/mol. The molecule has 6 heteroatoms. The summed E-state index contributed by atoms with van der Waals surface area (Å²) >= 11 is 0. The summed E-state index contributed by atoms with van der Waals surface area (Å²) in [5, 5.41) is 8.85. The summed E-state index contributed by atoms with van der Waals surface area (Å²) < 4.78 is 24.5. The van der Waals surface area contributed by atoms with E-state index in [2.05, 4.69) is 4.90 Å². The first kappa shape index (κ1) is 13.2. The van der Waals surface area contributed by atoms with Crippen LogP contribution in [0.25, 0.3) is 0 Å². The van der Waals surface area contributed by atoms with E-state index in [1.54, 1.807) is 0 Å². The minimum atomic E-state index is -1.13. The Labute approximate surface area is 107 Å². The SMILES string of the molecule is O=C(O)c1cc(F)cc(CN2CCS(=O)CC2)c1. The molecular formula is C12H14FNO3S. The maximum atomic E-state index is 13.3. The lowest BCUT2D eigenvalue weighted by Gasteiger charge is -2.26. The fraction of sp³-hybridized carbons (Fsp3) is 0.417. The fourth-order valence-electron chi connectivity index (χ4n) is 1.96. The second kappa shape index (κ2) is 5.58. The molecule has 1 aromatic carbocycles. The molecule has 0 amide bonds. The van der Waals surface area contributed by atoms with Crippen LogP contribution in [0, 0.1) is 5.82 Å². The van der Waals surface area contributed by atoms with Crippen molar-refractivity contribution in [1.82, 2.24) is 4.90 Å². The van der Waals surface area contributed by atoms with Crippen LogP contribution in [-0.4, -0.2) is 44.8 Å². The van der Waals surface area contributed by atoms with Crippen molar-refractivity contribution < 1.29 is 18.5 Å². The van der Waals surface area contributed by atoms with Gasteiger partial charge < -0.3 is 5.11 Å². The summed E-state index contributed by atoms with van der Waals surface area (Å²) in [5.41, 5.74) is 0.602. The molecule has 18 heavy (non-hydrogen) atoms. The molecule has 0 atom stereocenters. The van der Waals surface area contributed by atoms with E-state index in [1.807, 2.05) is 0 Å². The van der Waals surface area contributed by atoms with E-state index in [4.69, 9.17) is 5.11 Å². The van der Waals surface area contributed by atoms with Gasteiger partial charge >= 0.3 is 5.97 Å². The zero-order valence-corrected chi connectivity index (χ0v) is 10.6. The van der Waals surface area contributed by atoms with Gasteiger partial charge in [-0.2, -0.15) is 0 Å². The molecule has 0 spiro atoms. The highest BCUT2D eigenvalue weighted by atomic mass is 32.2. The summed E-state index contributed by atoms with van der Waals surface area (Å²) in [5.74, 6) is -0.414. The van der Waals surface area contributed by atoms with Gasteiger partial charge in [-0.15, -0.1) is 0 Å². The van der Waals surface area contributed by atoms with Crippen LogP contribution in [0.4, 0.5) is 4.39 Å². The molecule has 4 nitrogen and oxygen atoms in total. The Morgan fingerprint density at radius 1 is 1.33 bits per heavy atom. The van der Waals surface area contributed by atoms with Crippen molar-refractivity contribution in [1.29, 1.82) is 0 Å². The van der Waals surface area contributed by atoms with Crippen LogP contribution in [0.1, 0.15) is 15.9 Å². The predicted molar refractivity (Wildman–Crippen MR) is 66.5 cm³/mol. The fourth-order valence-corrected chi connectivity index (χ4v) is 3.08. The smallest absolute Gasteiger partial charge is 0.335 e. The summed E-state index contributed by atoms with van der Waals surface area (Å²) in [7, 11) is -0.745. The van der Waals surface area contributed by atoms with Crippen LogP contribution in [0.3, 0.4) is 0 Å². The molecule has 0 bridgehead atoms. The van der Waals surface area contributed by atoms with E-state index < -0.39 is 22.6 Å². The van der Waals surface area contributed by atoms with Crippen molar-refractivity contribution in [3.63, 3.8) is 0 Å². The molecule has 1 heterocycles. The standard InChI is InChI=1S/C12H14FNO3S/c13-11-6-9(5-10(7-11)12(15)16)8-14-1-3-18(17)4-2-14/h5-7H,1-4,8H2,(H,15,16). The third-order valence-corrected chi connectivity index (χ3v) is 4.16. The summed E-state index contributed by atoms with van der Waals surface area (Å²) in [6, 6.07) is 3.84. The van der Waals surface area contributed by atoms with E-state index in [0.717, 1.165) is 6.07 Å². The number of aromatic carboxylic acids is 1. The maximum Gasteiger partial charge on any atom is 0.335 e. The van der Waals surface area contributed by atoms with Crippen molar-refractivity contribution in [2.24, 2.45) is 0 Å². The van der Waals surface area contributed by atoms with Crippen LogP contribution < -0.4 is 0 Å². The quantitative estimate of drug-likeness (QED) is 0.894. The van der Waals surface area contributed by atoms with Gasteiger partial charge in [0.25, 0.3) is 0 Å². The Bertz CT molecular complexity index is 482. The van der Waals surface area contributed by atoms with Crippen LogP contribution in [0.5, 0.6) is 0 Å². The van der Waals surface area contributed by atoms with Gasteiger partial charge in [0.15, 0.2) is 0 Å². The zero-order valence-electron chi connectivity index (χ0n) is 9.76. The lowest BCUT2D eigenvalue weighted by molar-refractivity contribution is 0.0696. The minimum Gasteiger partial charge on any atom is -0.478 e. The predicted octanol–water partition coefficient (Wildman–Crippen LogP) is 1.09. The summed E-state index contributed by atoms with van der Waals surface area (Å²) in [4.78, 5) is 12.9. The number of carboxylic acid groups (broad SMARTS) is 1. The van der Waals surface area contributed by atoms with Gasteiger partial charge in [-0.3, -0.25) is 9.11 Å². The largest absolute Gasteiger partial charge is 0.478 e. The molecule has 0 aromatic heterocycles. The molecule has 1 saturated heterocycles. The Morgan fingerprint density at radius 3 is 2.61 bits per heavy atom. The van der Waals surface area contributed by atoms with Gasteiger partial charge in [-0.25, -0.2) is 9.18 Å². The molecule has 1 aliphatic rings. The highest BCUT2D eigenvalue weighted by Gasteiger charge is 2.16. The molecule has 1 aromatic rings. The molecule has 1 N–H and O–H groups in total. The lowest BCUT2D eigenvalue weighted by atomic mass is 10.1. The number of carboxylic acids is 1. The minimum absolute atomic E-state index is 0.0365. The Balaban J connectivity index is 2.09. The number of carbonyl (C=O) groups is 1. The zero-order chi connectivity index (χ0) is 13.1. The van der Waals surface area contributed by atoms with Crippen LogP contribution >= 0.6 is 0 Å². The second-order valence-corrected chi connectivity index (χ2v) is 5.97. The molecule has 0 aliphatic carbocycles. The van der Waals surface area contributed by atoms with Gasteiger partial charge in [0.1, 0.15) is 5.82 Å². The number of benzene rings is 1. The van der Waals surface area contributed by atoms with E-state index in [-0.39, 0.29) is 5.56 Å². The van der Waals surface area contributed by atoms with E-state index >= 15 is 0 Å². The molecule has 1 aliphatic heterocycles. The van der Waals surface area contributed by atoms with Crippen molar-refractivity contribution in [3.8, 4) is 0 Å². The number of hydrogen-bond donors (Lipinski definition) is 1. The van der Waals surface area contributed by atoms with Crippen LogP contribution in [0.2, 0.25) is 0 Å². The normalized spacial score (nSPS) is 17.8. The van der Waals surface area contributed by atoms with Crippen molar-refractivity contribution in [3.05, 3.63) is 35.1 Å². The molecular weight excluding hydrogens is 257 g/mol. The molecule has 98 valence electrons. The topological polar surface area (TPSA) is 57.6 Å². The second-order valence-electron chi connectivity index (χ2n) is 4.28. The molecule has 1 fully saturated rings. The highest BCUT2D eigenvalue weighted by molar-refractivity contribution is 7.85. The van der Waals surface area contributed by atoms with Crippen molar-refractivity contribution in [2.75, 3.05) is 24.6 Å². The lowest BCUT2D eigenvalue weighted by Crippen LogP contribution is -2.37. The molecule has 0 unspecified atom stereocenters. The molecule has 0 radical (unpaired) electrons. The van der Waals surface area contributed by atoms with Crippen LogP contribution in [-0.2, 0) is 17.3 Å². The van der Waals surface area contributed by atoms with Gasteiger partial charge in [-0.05, 0) is 23.8 Å². The Hall–Kier alpha value is -1.27. The summed E-state index contributed by atoms with van der Waals surface area (Å²) in [6.07, 6.45) is 0. The van der Waals surface area contributed by atoms with Gasteiger partial charge in [0, 0.05) is 41.9 Å². The van der Waals surface area contributed by atoms with E-state index in [1.165, 1.54) is 12.1 Å². The number of rotatable bonds is 3. The van der Waals surface area contributed by atoms with E-state index in [9.17, 15) is 13.4 Å². The average Bonchev–Trinajstić information content (AvgIpc) is 2.31.